The second-order valence-corrected chi connectivity index (χ2v) is 5.41. The number of amides is 1. The maximum atomic E-state index is 11.7. The molecule has 1 aromatic heterocycles. The second kappa shape index (κ2) is 7.48. The van der Waals surface area contributed by atoms with Gasteiger partial charge < -0.3 is 21.1 Å². The van der Waals surface area contributed by atoms with Crippen molar-refractivity contribution in [3.63, 3.8) is 0 Å². The minimum atomic E-state index is -1.28. The van der Waals surface area contributed by atoms with Crippen molar-refractivity contribution in [1.82, 2.24) is 25.5 Å². The Bertz CT molecular complexity index is 465. The van der Waals surface area contributed by atoms with E-state index in [4.69, 9.17) is 15.8 Å². The Morgan fingerprint density at radius 3 is 2.90 bits per heavy atom. The lowest BCUT2D eigenvalue weighted by Crippen LogP contribution is -2.31. The predicted molar refractivity (Wildman–Crippen MR) is 74.8 cm³/mol. The lowest BCUT2D eigenvalue weighted by Gasteiger charge is -2.11. The molecule has 1 aliphatic rings. The molecule has 9 nitrogen and oxygen atoms in total. The fourth-order valence-electron chi connectivity index (χ4n) is 2.05. The SMILES string of the molecule is NC(CCCCB(O)O)c1nnnn1CC(=O)NC1CC1. The minimum Gasteiger partial charge on any atom is -0.427 e. The number of nitrogens with zero attached hydrogens (tertiary/aromatic N) is 4. The molecule has 1 heterocycles. The van der Waals surface area contributed by atoms with Gasteiger partial charge in [0, 0.05) is 6.04 Å². The fourth-order valence-corrected chi connectivity index (χ4v) is 2.05. The van der Waals surface area contributed by atoms with Gasteiger partial charge in [0.2, 0.25) is 5.91 Å². The Morgan fingerprint density at radius 1 is 1.48 bits per heavy atom. The van der Waals surface area contributed by atoms with Crippen molar-refractivity contribution in [2.45, 2.75) is 57.1 Å². The van der Waals surface area contributed by atoms with Crippen molar-refractivity contribution >= 4 is 13.0 Å². The number of aromatic nitrogens is 4. The Kier molecular flexibility index (Phi) is 5.65. The topological polar surface area (TPSA) is 139 Å². The number of hydrogen-bond donors (Lipinski definition) is 4. The van der Waals surface area contributed by atoms with Crippen LogP contribution in [-0.4, -0.2) is 49.3 Å². The highest BCUT2D eigenvalue weighted by Crippen LogP contribution is 2.19. The van der Waals surface area contributed by atoms with Gasteiger partial charge in [-0.25, -0.2) is 4.68 Å². The highest BCUT2D eigenvalue weighted by atomic mass is 16.4. The molecule has 0 saturated heterocycles. The first-order valence-corrected chi connectivity index (χ1v) is 7.23. The zero-order valence-electron chi connectivity index (χ0n) is 11.9. The molecule has 1 aromatic rings. The third-order valence-corrected chi connectivity index (χ3v) is 3.35. The van der Waals surface area contributed by atoms with Gasteiger partial charge in [-0.2, -0.15) is 0 Å². The average Bonchev–Trinajstić information content (AvgIpc) is 3.10. The van der Waals surface area contributed by atoms with E-state index in [-0.39, 0.29) is 18.5 Å². The van der Waals surface area contributed by atoms with Gasteiger partial charge in [0.15, 0.2) is 5.82 Å². The van der Waals surface area contributed by atoms with E-state index in [2.05, 4.69) is 20.8 Å². The van der Waals surface area contributed by atoms with Crippen molar-refractivity contribution < 1.29 is 14.8 Å². The minimum absolute atomic E-state index is 0.0713. The molecule has 1 unspecified atom stereocenters. The molecule has 5 N–H and O–H groups in total. The van der Waals surface area contributed by atoms with Crippen molar-refractivity contribution in [3.8, 4) is 0 Å². The van der Waals surface area contributed by atoms with Crippen LogP contribution in [0.5, 0.6) is 0 Å². The number of carbonyl (C=O) groups excluding carboxylic acids is 1. The standard InChI is InChI=1S/C11H21BN6O3/c13-9(3-1-2-6-12(20)21)11-15-16-17-18(11)7-10(19)14-8-4-5-8/h8-9,20-21H,1-7,13H2,(H,14,19). The van der Waals surface area contributed by atoms with E-state index in [1.807, 2.05) is 0 Å². The van der Waals surface area contributed by atoms with E-state index >= 15 is 0 Å². The smallest absolute Gasteiger partial charge is 0.427 e. The molecule has 0 radical (unpaired) electrons. The second-order valence-electron chi connectivity index (χ2n) is 5.41. The maximum absolute atomic E-state index is 11.7. The molecule has 21 heavy (non-hydrogen) atoms. The molecule has 2 rings (SSSR count). The lowest BCUT2D eigenvalue weighted by molar-refractivity contribution is -0.122. The predicted octanol–water partition coefficient (Wildman–Crippen LogP) is -1.41. The van der Waals surface area contributed by atoms with E-state index in [0.717, 1.165) is 19.3 Å². The zero-order chi connectivity index (χ0) is 15.2. The van der Waals surface area contributed by atoms with Crippen molar-refractivity contribution in [2.24, 2.45) is 5.73 Å². The van der Waals surface area contributed by atoms with Gasteiger partial charge in [0.25, 0.3) is 0 Å². The molecule has 10 heteroatoms. The summed E-state index contributed by atoms with van der Waals surface area (Å²) in [5.41, 5.74) is 6.03. The molecule has 1 saturated carbocycles. The Labute approximate surface area is 123 Å². The average molecular weight is 296 g/mol. The van der Waals surface area contributed by atoms with Crippen LogP contribution in [0.3, 0.4) is 0 Å². The van der Waals surface area contributed by atoms with Crippen LogP contribution >= 0.6 is 0 Å². The van der Waals surface area contributed by atoms with E-state index in [1.54, 1.807) is 0 Å². The van der Waals surface area contributed by atoms with Crippen LogP contribution in [0.15, 0.2) is 0 Å². The number of nitrogens with two attached hydrogens (primary N) is 1. The molecule has 0 aromatic carbocycles. The van der Waals surface area contributed by atoms with Gasteiger partial charge >= 0.3 is 7.12 Å². The molecular weight excluding hydrogens is 275 g/mol. The Balaban J connectivity index is 1.78. The fraction of sp³-hybridized carbons (Fsp3) is 0.818. The van der Waals surface area contributed by atoms with Crippen LogP contribution < -0.4 is 11.1 Å². The normalized spacial score (nSPS) is 15.8. The third-order valence-electron chi connectivity index (χ3n) is 3.35. The van der Waals surface area contributed by atoms with Crippen LogP contribution in [0.1, 0.15) is 44.0 Å². The number of tetrazole rings is 1. The van der Waals surface area contributed by atoms with Crippen LogP contribution in [0.2, 0.25) is 6.32 Å². The summed E-state index contributed by atoms with van der Waals surface area (Å²) in [6.45, 7) is 0.0713. The monoisotopic (exact) mass is 296 g/mol. The Hall–Kier alpha value is -1.52. The highest BCUT2D eigenvalue weighted by molar-refractivity contribution is 6.40. The van der Waals surface area contributed by atoms with Gasteiger partial charge in [0.1, 0.15) is 6.54 Å². The van der Waals surface area contributed by atoms with Gasteiger partial charge in [-0.15, -0.1) is 5.10 Å². The largest absolute Gasteiger partial charge is 0.451 e. The third kappa shape index (κ3) is 5.41. The molecule has 1 aliphatic carbocycles. The molecule has 1 atom stereocenters. The van der Waals surface area contributed by atoms with Crippen LogP contribution in [0.25, 0.3) is 0 Å². The van der Waals surface area contributed by atoms with E-state index < -0.39 is 7.12 Å². The highest BCUT2D eigenvalue weighted by Gasteiger charge is 2.24. The number of unbranched alkanes of at least 4 members (excludes halogenated alkanes) is 1. The van der Waals surface area contributed by atoms with Gasteiger partial charge in [-0.3, -0.25) is 4.79 Å². The van der Waals surface area contributed by atoms with Crippen LogP contribution in [-0.2, 0) is 11.3 Å². The summed E-state index contributed by atoms with van der Waals surface area (Å²) in [5, 5.41) is 31.6. The lowest BCUT2D eigenvalue weighted by atomic mass is 9.83. The molecular formula is C11H21BN6O3. The summed E-state index contributed by atoms with van der Waals surface area (Å²) >= 11 is 0. The van der Waals surface area contributed by atoms with Gasteiger partial charge in [0.05, 0.1) is 6.04 Å². The molecule has 1 fully saturated rings. The van der Waals surface area contributed by atoms with Crippen molar-refractivity contribution in [3.05, 3.63) is 5.82 Å². The first-order valence-electron chi connectivity index (χ1n) is 7.23. The summed E-state index contributed by atoms with van der Waals surface area (Å²) in [6.07, 6.45) is 4.41. The van der Waals surface area contributed by atoms with E-state index in [0.29, 0.717) is 31.0 Å². The van der Waals surface area contributed by atoms with Crippen LogP contribution in [0, 0.1) is 0 Å². The molecule has 0 aliphatic heterocycles. The van der Waals surface area contributed by atoms with Gasteiger partial charge in [-0.1, -0.05) is 12.8 Å². The molecule has 1 amide bonds. The maximum Gasteiger partial charge on any atom is 0.451 e. The van der Waals surface area contributed by atoms with Crippen molar-refractivity contribution in [1.29, 1.82) is 0 Å². The molecule has 0 bridgehead atoms. The summed E-state index contributed by atoms with van der Waals surface area (Å²) in [6, 6.07) is -0.0689. The number of carbonyl (C=O) groups is 1. The van der Waals surface area contributed by atoms with E-state index in [9.17, 15) is 4.79 Å². The van der Waals surface area contributed by atoms with Gasteiger partial charge in [-0.05, 0) is 36.0 Å². The van der Waals surface area contributed by atoms with E-state index in [1.165, 1.54) is 4.68 Å². The Morgan fingerprint density at radius 2 is 2.24 bits per heavy atom. The number of nitrogens with one attached hydrogen (secondary N) is 1. The first-order chi connectivity index (χ1) is 10.1. The van der Waals surface area contributed by atoms with Crippen LogP contribution in [0.4, 0.5) is 0 Å². The molecule has 0 spiro atoms. The molecule has 116 valence electrons. The first kappa shape index (κ1) is 15.9. The summed E-state index contributed by atoms with van der Waals surface area (Å²) < 4.78 is 1.42. The summed E-state index contributed by atoms with van der Waals surface area (Å²) in [7, 11) is -1.28. The number of hydrogen-bond acceptors (Lipinski definition) is 7. The summed E-state index contributed by atoms with van der Waals surface area (Å²) in [5.74, 6) is 0.368. The zero-order valence-corrected chi connectivity index (χ0v) is 11.9. The number of rotatable bonds is 9. The van der Waals surface area contributed by atoms with Crippen molar-refractivity contribution in [2.75, 3.05) is 0 Å². The summed E-state index contributed by atoms with van der Waals surface area (Å²) in [4.78, 5) is 11.7. The quantitative estimate of drug-likeness (QED) is 0.324.